The number of piperidine rings is 2. The minimum atomic E-state index is -0.296. The highest BCUT2D eigenvalue weighted by Crippen LogP contribution is 2.47. The van der Waals surface area contributed by atoms with Gasteiger partial charge in [-0.1, -0.05) is 18.2 Å². The summed E-state index contributed by atoms with van der Waals surface area (Å²) in [5.74, 6) is 0.114. The van der Waals surface area contributed by atoms with Gasteiger partial charge in [0.25, 0.3) is 0 Å². The van der Waals surface area contributed by atoms with Crippen molar-refractivity contribution < 1.29 is 19.1 Å². The molecule has 3 fully saturated rings. The van der Waals surface area contributed by atoms with Crippen LogP contribution in [-0.2, 0) is 14.3 Å². The Morgan fingerprint density at radius 3 is 2.69 bits per heavy atom. The molecule has 0 aromatic heterocycles. The molecule has 0 radical (unpaired) electrons. The molecule has 1 unspecified atom stereocenters. The molecule has 6 nitrogen and oxygen atoms in total. The number of carbonyl (C=O) groups excluding carboxylic acids is 2. The fourth-order valence-electron chi connectivity index (χ4n) is 5.00. The quantitative estimate of drug-likeness (QED) is 0.708. The van der Waals surface area contributed by atoms with Crippen LogP contribution in [0.4, 0.5) is 4.79 Å². The normalized spacial score (nSPS) is 28.7. The summed E-state index contributed by atoms with van der Waals surface area (Å²) in [6.07, 6.45) is 10.6. The fourth-order valence-corrected chi connectivity index (χ4v) is 5.00. The molecule has 1 atom stereocenters. The van der Waals surface area contributed by atoms with Gasteiger partial charge in [0, 0.05) is 56.6 Å². The average Bonchev–Trinajstić information content (AvgIpc) is 2.95. The number of hydrogen-bond donors (Lipinski definition) is 0. The zero-order valence-corrected chi connectivity index (χ0v) is 15.5. The van der Waals surface area contributed by atoms with Gasteiger partial charge in [-0.05, 0) is 26.2 Å². The van der Waals surface area contributed by atoms with E-state index in [9.17, 15) is 9.59 Å². The van der Waals surface area contributed by atoms with Crippen molar-refractivity contribution >= 4 is 12.1 Å². The number of hydrogen-bond acceptors (Lipinski definition) is 5. The second-order valence-corrected chi connectivity index (χ2v) is 7.75. The largest absolute Gasteiger partial charge is 0.455 e. The van der Waals surface area contributed by atoms with Gasteiger partial charge in [0.1, 0.15) is 5.60 Å². The first-order chi connectivity index (χ1) is 12.6. The van der Waals surface area contributed by atoms with E-state index in [-0.39, 0.29) is 23.6 Å². The number of rotatable bonds is 2. The van der Waals surface area contributed by atoms with Crippen molar-refractivity contribution in [2.75, 3.05) is 32.8 Å². The topological polar surface area (TPSA) is 59.1 Å². The van der Waals surface area contributed by atoms with E-state index in [0.717, 1.165) is 63.9 Å². The Morgan fingerprint density at radius 2 is 2.00 bits per heavy atom. The molecule has 3 heterocycles. The van der Waals surface area contributed by atoms with Crippen LogP contribution in [0.3, 0.4) is 0 Å². The third-order valence-electron chi connectivity index (χ3n) is 6.48. The van der Waals surface area contributed by atoms with E-state index in [4.69, 9.17) is 9.47 Å². The Bertz CT molecular complexity index is 626. The zero-order chi connectivity index (χ0) is 18.1. The summed E-state index contributed by atoms with van der Waals surface area (Å²) in [5.41, 5.74) is 0.569. The van der Waals surface area contributed by atoms with Crippen molar-refractivity contribution in [2.45, 2.75) is 50.7 Å². The van der Waals surface area contributed by atoms with E-state index in [0.29, 0.717) is 12.6 Å². The maximum absolute atomic E-state index is 12.2. The summed E-state index contributed by atoms with van der Waals surface area (Å²) in [6.45, 7) is 5.72. The molecule has 0 aromatic carbocycles. The Kier molecular flexibility index (Phi) is 4.78. The number of amides is 1. The van der Waals surface area contributed by atoms with Crippen LogP contribution in [0.2, 0.25) is 0 Å². The lowest BCUT2D eigenvalue weighted by Gasteiger charge is -2.45. The minimum Gasteiger partial charge on any atom is -0.455 e. The van der Waals surface area contributed by atoms with Crippen LogP contribution in [0.15, 0.2) is 23.8 Å². The van der Waals surface area contributed by atoms with Crippen molar-refractivity contribution in [3.05, 3.63) is 23.8 Å². The van der Waals surface area contributed by atoms with Crippen LogP contribution in [0.5, 0.6) is 0 Å². The molecule has 0 bridgehead atoms. The second kappa shape index (κ2) is 7.06. The summed E-state index contributed by atoms with van der Waals surface area (Å²) in [6, 6.07) is 0.511. The van der Waals surface area contributed by atoms with Crippen LogP contribution in [0.1, 0.15) is 39.0 Å². The van der Waals surface area contributed by atoms with Gasteiger partial charge in [0.05, 0.1) is 6.61 Å². The van der Waals surface area contributed by atoms with Gasteiger partial charge < -0.3 is 14.4 Å². The van der Waals surface area contributed by atoms with Crippen LogP contribution in [0, 0.1) is 5.92 Å². The standard InChI is InChI=1S/C20H28N2O4/c1-2-25-19(24)22-11-7-15(8-12-22)21-13-9-20(10-14-21)17-6-4-3-5-16(17)18(23)26-20/h3-5,15,17H,2,6-14H2,1H3. The molecule has 26 heavy (non-hydrogen) atoms. The third kappa shape index (κ3) is 3.04. The summed E-state index contributed by atoms with van der Waals surface area (Å²) in [4.78, 5) is 28.4. The first-order valence-corrected chi connectivity index (χ1v) is 9.89. The van der Waals surface area contributed by atoms with Crippen molar-refractivity contribution in [2.24, 2.45) is 5.92 Å². The molecule has 3 aliphatic heterocycles. The number of esters is 1. The molecule has 1 amide bonds. The lowest BCUT2D eigenvalue weighted by Crippen LogP contribution is -2.53. The molecule has 3 saturated heterocycles. The number of carbonyl (C=O) groups is 2. The number of allylic oxidation sites excluding steroid dienone is 3. The number of nitrogens with zero attached hydrogens (tertiary/aromatic N) is 2. The highest BCUT2D eigenvalue weighted by Gasteiger charge is 2.53. The number of likely N-dealkylation sites (tertiary alicyclic amines) is 2. The summed E-state index contributed by atoms with van der Waals surface area (Å²) >= 11 is 0. The zero-order valence-electron chi connectivity index (χ0n) is 15.5. The van der Waals surface area contributed by atoms with Crippen molar-refractivity contribution in [3.63, 3.8) is 0 Å². The van der Waals surface area contributed by atoms with Crippen molar-refractivity contribution in [3.8, 4) is 0 Å². The summed E-state index contributed by atoms with van der Waals surface area (Å²) in [5, 5.41) is 0. The average molecular weight is 360 g/mol. The maximum atomic E-state index is 12.2. The fraction of sp³-hybridized carbons (Fsp3) is 0.700. The predicted octanol–water partition coefficient (Wildman–Crippen LogP) is 2.50. The van der Waals surface area contributed by atoms with Crippen LogP contribution >= 0.6 is 0 Å². The Balaban J connectivity index is 1.32. The number of fused-ring (bicyclic) bond motifs is 2. The molecule has 142 valence electrons. The highest BCUT2D eigenvalue weighted by molar-refractivity contribution is 5.93. The molecule has 4 rings (SSSR count). The first-order valence-electron chi connectivity index (χ1n) is 9.89. The molecule has 0 N–H and O–H groups in total. The van der Waals surface area contributed by atoms with Gasteiger partial charge in [-0.3, -0.25) is 4.90 Å². The van der Waals surface area contributed by atoms with Crippen molar-refractivity contribution in [1.29, 1.82) is 0 Å². The van der Waals surface area contributed by atoms with Gasteiger partial charge >= 0.3 is 12.1 Å². The van der Waals surface area contributed by atoms with Gasteiger partial charge in [0.15, 0.2) is 0 Å². The van der Waals surface area contributed by atoms with E-state index in [1.54, 1.807) is 0 Å². The molecule has 6 heteroatoms. The van der Waals surface area contributed by atoms with E-state index in [1.807, 2.05) is 24.0 Å². The molecule has 1 aliphatic carbocycles. The van der Waals surface area contributed by atoms with Gasteiger partial charge in [0.2, 0.25) is 0 Å². The molecule has 1 spiro atoms. The van der Waals surface area contributed by atoms with E-state index in [1.165, 1.54) is 0 Å². The second-order valence-electron chi connectivity index (χ2n) is 7.75. The Morgan fingerprint density at radius 1 is 1.27 bits per heavy atom. The van der Waals surface area contributed by atoms with Crippen LogP contribution in [-0.4, -0.2) is 66.3 Å². The van der Waals surface area contributed by atoms with E-state index >= 15 is 0 Å². The molecule has 4 aliphatic rings. The lowest BCUT2D eigenvalue weighted by atomic mass is 9.74. The van der Waals surface area contributed by atoms with Gasteiger partial charge in [-0.2, -0.15) is 0 Å². The first kappa shape index (κ1) is 17.6. The predicted molar refractivity (Wildman–Crippen MR) is 96.6 cm³/mol. The van der Waals surface area contributed by atoms with Gasteiger partial charge in [-0.25, -0.2) is 9.59 Å². The van der Waals surface area contributed by atoms with E-state index in [2.05, 4.69) is 11.0 Å². The highest BCUT2D eigenvalue weighted by atomic mass is 16.6. The monoisotopic (exact) mass is 360 g/mol. The SMILES string of the molecule is CCOC(=O)N1CCC(N2CCC3(CC2)OC(=O)C2=CC=CCC23)CC1. The minimum absolute atomic E-state index is 0.115. The molecule has 0 saturated carbocycles. The van der Waals surface area contributed by atoms with Crippen LogP contribution < -0.4 is 0 Å². The summed E-state index contributed by atoms with van der Waals surface area (Å²) in [7, 11) is 0. The molecular weight excluding hydrogens is 332 g/mol. The third-order valence-corrected chi connectivity index (χ3v) is 6.48. The maximum Gasteiger partial charge on any atom is 0.409 e. The molecular formula is C20H28N2O4. The Hall–Kier alpha value is -1.82. The lowest BCUT2D eigenvalue weighted by molar-refractivity contribution is -0.153. The van der Waals surface area contributed by atoms with Gasteiger partial charge in [-0.15, -0.1) is 0 Å². The smallest absolute Gasteiger partial charge is 0.409 e. The molecule has 0 aromatic rings. The van der Waals surface area contributed by atoms with E-state index < -0.39 is 0 Å². The summed E-state index contributed by atoms with van der Waals surface area (Å²) < 4.78 is 11.0. The Labute approximate surface area is 154 Å². The van der Waals surface area contributed by atoms with Crippen molar-refractivity contribution in [1.82, 2.24) is 9.80 Å². The number of ether oxygens (including phenoxy) is 2. The van der Waals surface area contributed by atoms with Crippen LogP contribution in [0.25, 0.3) is 0 Å².